The van der Waals surface area contributed by atoms with Crippen molar-refractivity contribution in [2.75, 3.05) is 5.84 Å². The molecule has 0 spiro atoms. The maximum absolute atomic E-state index is 6.16. The zero-order chi connectivity index (χ0) is 17.9. The Morgan fingerprint density at radius 2 is 1.81 bits per heavy atom. The Bertz CT molecular complexity index is 1030. The molecule has 0 bridgehead atoms. The maximum atomic E-state index is 6.16. The second kappa shape index (κ2) is 7.35. The summed E-state index contributed by atoms with van der Waals surface area (Å²) in [5.41, 5.74) is 1.88. The molecule has 2 N–H and O–H groups in total. The van der Waals surface area contributed by atoms with Gasteiger partial charge in [-0.1, -0.05) is 70.2 Å². The van der Waals surface area contributed by atoms with Gasteiger partial charge in [0.1, 0.15) is 0 Å². The van der Waals surface area contributed by atoms with Gasteiger partial charge < -0.3 is 10.3 Å². The number of rotatable bonds is 5. The first kappa shape index (κ1) is 16.9. The molecular weight excluding hydrogens is 414 g/mol. The minimum Gasteiger partial charge on any atom is -0.440 e. The number of oxazole rings is 1. The van der Waals surface area contributed by atoms with Crippen LogP contribution in [0.2, 0.25) is 0 Å². The van der Waals surface area contributed by atoms with E-state index in [-0.39, 0.29) is 0 Å². The molecule has 0 aliphatic heterocycles. The van der Waals surface area contributed by atoms with Gasteiger partial charge in [-0.05, 0) is 12.1 Å². The second-order valence-electron chi connectivity index (χ2n) is 5.43. The van der Waals surface area contributed by atoms with Crippen molar-refractivity contribution in [3.63, 3.8) is 0 Å². The number of thioether (sulfide) groups is 1. The number of hydrogen-bond donors (Lipinski definition) is 1. The summed E-state index contributed by atoms with van der Waals surface area (Å²) in [6.45, 7) is 0. The molecule has 130 valence electrons. The molecule has 0 fully saturated rings. The first-order chi connectivity index (χ1) is 12.7. The molecular formula is C18H14BrN5OS. The van der Waals surface area contributed by atoms with E-state index in [1.807, 2.05) is 54.6 Å². The van der Waals surface area contributed by atoms with Gasteiger partial charge in [-0.25, -0.2) is 9.66 Å². The van der Waals surface area contributed by atoms with E-state index < -0.39 is 0 Å². The predicted molar refractivity (Wildman–Crippen MR) is 105 cm³/mol. The van der Waals surface area contributed by atoms with Crippen molar-refractivity contribution in [2.45, 2.75) is 10.9 Å². The van der Waals surface area contributed by atoms with Crippen LogP contribution in [-0.2, 0) is 5.75 Å². The smallest absolute Gasteiger partial charge is 0.210 e. The van der Waals surface area contributed by atoms with Crippen LogP contribution in [0.3, 0.4) is 0 Å². The average Bonchev–Trinajstić information content (AvgIpc) is 3.28. The molecule has 0 aliphatic rings. The van der Waals surface area contributed by atoms with Crippen LogP contribution in [0.25, 0.3) is 22.7 Å². The van der Waals surface area contributed by atoms with Crippen LogP contribution in [0.5, 0.6) is 0 Å². The summed E-state index contributed by atoms with van der Waals surface area (Å²) in [6, 6.07) is 17.6. The molecule has 8 heteroatoms. The fraction of sp³-hybridized carbons (Fsp3) is 0.0556. The van der Waals surface area contributed by atoms with Crippen molar-refractivity contribution in [2.24, 2.45) is 0 Å². The van der Waals surface area contributed by atoms with Crippen LogP contribution in [0.15, 0.2) is 74.8 Å². The van der Waals surface area contributed by atoms with Gasteiger partial charge in [-0.3, -0.25) is 0 Å². The molecule has 6 nitrogen and oxygen atoms in total. The fourth-order valence-electron chi connectivity index (χ4n) is 2.44. The number of halogens is 1. The Balaban J connectivity index is 1.50. The Morgan fingerprint density at radius 3 is 2.62 bits per heavy atom. The van der Waals surface area contributed by atoms with E-state index in [9.17, 15) is 0 Å². The minimum absolute atomic E-state index is 0.512. The summed E-state index contributed by atoms with van der Waals surface area (Å²) in [7, 11) is 0. The standard InChI is InChI=1S/C18H14BrN5OS/c19-14-9-5-4-8-13(14)17-22-23-18(24(17)20)26-11-16-21-10-15(25-16)12-6-2-1-3-7-12/h1-10H,11,20H2. The zero-order valence-corrected chi connectivity index (χ0v) is 15.9. The van der Waals surface area contributed by atoms with E-state index in [0.717, 1.165) is 21.4 Å². The van der Waals surface area contributed by atoms with Crippen LogP contribution in [-0.4, -0.2) is 19.9 Å². The predicted octanol–water partition coefficient (Wildman–Crippen LogP) is 4.37. The number of benzene rings is 2. The first-order valence-corrected chi connectivity index (χ1v) is 9.58. The highest BCUT2D eigenvalue weighted by atomic mass is 79.9. The average molecular weight is 428 g/mol. The number of hydrogen-bond acceptors (Lipinski definition) is 6. The Labute approximate surface area is 162 Å². The van der Waals surface area contributed by atoms with Gasteiger partial charge in [0, 0.05) is 15.6 Å². The van der Waals surface area contributed by atoms with Crippen molar-refractivity contribution in [3.8, 4) is 22.7 Å². The van der Waals surface area contributed by atoms with Crippen molar-refractivity contribution < 1.29 is 4.42 Å². The molecule has 0 saturated carbocycles. The van der Waals surface area contributed by atoms with E-state index >= 15 is 0 Å². The summed E-state index contributed by atoms with van der Waals surface area (Å²) >= 11 is 4.93. The highest BCUT2D eigenvalue weighted by molar-refractivity contribution is 9.10. The molecule has 2 aromatic heterocycles. The van der Waals surface area contributed by atoms with Crippen LogP contribution in [0, 0.1) is 0 Å². The molecule has 2 heterocycles. The number of nitrogen functional groups attached to an aromatic ring is 1. The lowest BCUT2D eigenvalue weighted by Gasteiger charge is -2.04. The minimum atomic E-state index is 0.512. The third kappa shape index (κ3) is 3.38. The van der Waals surface area contributed by atoms with Crippen LogP contribution in [0.4, 0.5) is 0 Å². The van der Waals surface area contributed by atoms with Crippen molar-refractivity contribution >= 4 is 27.7 Å². The van der Waals surface area contributed by atoms with Crippen LogP contribution in [0.1, 0.15) is 5.89 Å². The molecule has 0 radical (unpaired) electrons. The van der Waals surface area contributed by atoms with Gasteiger partial charge in [0.2, 0.25) is 11.0 Å². The molecule has 26 heavy (non-hydrogen) atoms. The molecule has 0 atom stereocenters. The first-order valence-electron chi connectivity index (χ1n) is 7.80. The SMILES string of the molecule is Nn1c(SCc2ncc(-c3ccccc3)o2)nnc1-c1ccccc1Br. The largest absolute Gasteiger partial charge is 0.440 e. The molecule has 0 unspecified atom stereocenters. The molecule has 4 aromatic rings. The zero-order valence-electron chi connectivity index (χ0n) is 13.5. The topological polar surface area (TPSA) is 82.8 Å². The summed E-state index contributed by atoms with van der Waals surface area (Å²) < 4.78 is 8.19. The maximum Gasteiger partial charge on any atom is 0.210 e. The molecule has 4 rings (SSSR count). The third-order valence-corrected chi connectivity index (χ3v) is 5.34. The second-order valence-corrected chi connectivity index (χ2v) is 7.23. The summed E-state index contributed by atoms with van der Waals surface area (Å²) in [4.78, 5) is 4.32. The molecule has 0 saturated heterocycles. The Morgan fingerprint density at radius 1 is 1.04 bits per heavy atom. The quantitative estimate of drug-likeness (QED) is 0.376. The molecule has 2 aromatic carbocycles. The highest BCUT2D eigenvalue weighted by Gasteiger charge is 2.15. The lowest BCUT2D eigenvalue weighted by Crippen LogP contribution is -2.11. The van der Waals surface area contributed by atoms with Gasteiger partial charge >= 0.3 is 0 Å². The van der Waals surface area contributed by atoms with E-state index in [1.165, 1.54) is 16.4 Å². The van der Waals surface area contributed by atoms with Gasteiger partial charge in [0.25, 0.3) is 0 Å². The Hall–Kier alpha value is -2.58. The van der Waals surface area contributed by atoms with Crippen LogP contribution >= 0.6 is 27.7 Å². The van der Waals surface area contributed by atoms with E-state index in [2.05, 4.69) is 31.1 Å². The van der Waals surface area contributed by atoms with Crippen molar-refractivity contribution in [3.05, 3.63) is 71.2 Å². The van der Waals surface area contributed by atoms with Crippen molar-refractivity contribution in [1.82, 2.24) is 19.9 Å². The lowest BCUT2D eigenvalue weighted by molar-refractivity contribution is 0.529. The third-order valence-electron chi connectivity index (χ3n) is 3.72. The van der Waals surface area contributed by atoms with Crippen LogP contribution < -0.4 is 5.84 Å². The van der Waals surface area contributed by atoms with E-state index in [0.29, 0.717) is 22.6 Å². The molecule has 0 aliphatic carbocycles. The molecule has 0 amide bonds. The van der Waals surface area contributed by atoms with Gasteiger partial charge in [-0.2, -0.15) is 0 Å². The van der Waals surface area contributed by atoms with Crippen molar-refractivity contribution in [1.29, 1.82) is 0 Å². The number of aromatic nitrogens is 4. The van der Waals surface area contributed by atoms with Gasteiger partial charge in [0.15, 0.2) is 11.6 Å². The lowest BCUT2D eigenvalue weighted by atomic mass is 10.2. The fourth-order valence-corrected chi connectivity index (χ4v) is 3.61. The van der Waals surface area contributed by atoms with Gasteiger partial charge in [-0.15, -0.1) is 10.2 Å². The number of nitrogens with two attached hydrogens (primary N) is 1. The summed E-state index contributed by atoms with van der Waals surface area (Å²) in [5, 5.41) is 8.96. The Kier molecular flexibility index (Phi) is 4.77. The van der Waals surface area contributed by atoms with E-state index in [1.54, 1.807) is 6.20 Å². The monoisotopic (exact) mass is 427 g/mol. The summed E-state index contributed by atoms with van der Waals surface area (Å²) in [5.74, 6) is 8.62. The highest BCUT2D eigenvalue weighted by Crippen LogP contribution is 2.29. The number of nitrogens with zero attached hydrogens (tertiary/aromatic N) is 4. The normalized spacial score (nSPS) is 11.0. The summed E-state index contributed by atoms with van der Waals surface area (Å²) in [6.07, 6.45) is 1.73. The van der Waals surface area contributed by atoms with Gasteiger partial charge in [0.05, 0.1) is 11.9 Å². The van der Waals surface area contributed by atoms with E-state index in [4.69, 9.17) is 10.3 Å².